The zero-order chi connectivity index (χ0) is 24.5. The molecule has 1 amide bonds. The molecule has 1 aliphatic rings. The molecule has 0 saturated carbocycles. The van der Waals surface area contributed by atoms with Crippen LogP contribution in [0.2, 0.25) is 0 Å². The Morgan fingerprint density at radius 1 is 1.24 bits per heavy atom. The second kappa shape index (κ2) is 9.78. The number of rotatable bonds is 7. The number of aryl methyl sites for hydroxylation is 1. The van der Waals surface area contributed by atoms with Gasteiger partial charge in [0.15, 0.2) is 11.5 Å². The summed E-state index contributed by atoms with van der Waals surface area (Å²) < 4.78 is 12.0. The third-order valence-corrected chi connectivity index (χ3v) is 7.92. The summed E-state index contributed by atoms with van der Waals surface area (Å²) >= 11 is 1.63. The van der Waals surface area contributed by atoms with E-state index >= 15 is 0 Å². The van der Waals surface area contributed by atoms with Crippen LogP contribution in [0, 0.1) is 11.3 Å². The molecule has 0 bridgehead atoms. The van der Waals surface area contributed by atoms with Crippen LogP contribution in [-0.4, -0.2) is 36.2 Å². The van der Waals surface area contributed by atoms with Gasteiger partial charge in [-0.05, 0) is 60.3 Å². The van der Waals surface area contributed by atoms with Gasteiger partial charge in [-0.2, -0.15) is 0 Å². The molecule has 0 saturated heterocycles. The fourth-order valence-corrected chi connectivity index (χ4v) is 5.90. The third-order valence-electron chi connectivity index (χ3n) is 6.76. The molecule has 0 fully saturated rings. The lowest BCUT2D eigenvalue weighted by molar-refractivity contribution is -0.121. The maximum Gasteiger partial charge on any atom is 0.262 e. The van der Waals surface area contributed by atoms with Gasteiger partial charge in [-0.1, -0.05) is 26.8 Å². The Kier molecular flexibility index (Phi) is 6.98. The van der Waals surface area contributed by atoms with Crippen molar-refractivity contribution in [3.8, 4) is 11.5 Å². The van der Waals surface area contributed by atoms with E-state index in [2.05, 4.69) is 31.1 Å². The molecule has 1 aromatic carbocycles. The van der Waals surface area contributed by atoms with E-state index in [1.54, 1.807) is 25.6 Å². The van der Waals surface area contributed by atoms with E-state index in [4.69, 9.17) is 9.47 Å². The van der Waals surface area contributed by atoms with Gasteiger partial charge in [0.05, 0.1) is 25.9 Å². The molecule has 3 aromatic rings. The molecule has 182 valence electrons. The highest BCUT2D eigenvalue weighted by atomic mass is 32.1. The average Bonchev–Trinajstić information content (AvgIpc) is 3.18. The summed E-state index contributed by atoms with van der Waals surface area (Å²) in [5, 5.41) is 3.61. The molecule has 2 aromatic heterocycles. The summed E-state index contributed by atoms with van der Waals surface area (Å²) in [6, 6.07) is 5.69. The first-order valence-corrected chi connectivity index (χ1v) is 12.5. The Labute approximate surface area is 204 Å². The third kappa shape index (κ3) is 4.97. The highest BCUT2D eigenvalue weighted by molar-refractivity contribution is 7.18. The minimum Gasteiger partial charge on any atom is -0.493 e. The number of thiophene rings is 1. The average molecular weight is 484 g/mol. The van der Waals surface area contributed by atoms with Crippen LogP contribution in [0.5, 0.6) is 11.5 Å². The molecule has 34 heavy (non-hydrogen) atoms. The van der Waals surface area contributed by atoms with Crippen molar-refractivity contribution in [3.05, 3.63) is 50.9 Å². The normalized spacial score (nSPS) is 15.7. The van der Waals surface area contributed by atoms with Crippen LogP contribution in [0.1, 0.15) is 43.2 Å². The second-order valence-electron chi connectivity index (χ2n) is 9.96. The number of ether oxygens (including phenoxy) is 2. The zero-order valence-corrected chi connectivity index (χ0v) is 21.4. The topological polar surface area (TPSA) is 82.5 Å². The molecule has 4 rings (SSSR count). The second-order valence-corrected chi connectivity index (χ2v) is 11.0. The van der Waals surface area contributed by atoms with Crippen molar-refractivity contribution >= 4 is 27.5 Å². The van der Waals surface area contributed by atoms with Crippen molar-refractivity contribution in [3.63, 3.8) is 0 Å². The van der Waals surface area contributed by atoms with E-state index < -0.39 is 0 Å². The summed E-state index contributed by atoms with van der Waals surface area (Å²) in [4.78, 5) is 32.4. The van der Waals surface area contributed by atoms with Crippen molar-refractivity contribution in [2.24, 2.45) is 11.3 Å². The number of amides is 1. The Morgan fingerprint density at radius 2 is 2.00 bits per heavy atom. The van der Waals surface area contributed by atoms with Gasteiger partial charge in [0, 0.05) is 11.4 Å². The predicted molar refractivity (Wildman–Crippen MR) is 135 cm³/mol. The summed E-state index contributed by atoms with van der Waals surface area (Å²) in [6.07, 6.45) is 5.12. The first-order valence-electron chi connectivity index (χ1n) is 11.7. The van der Waals surface area contributed by atoms with E-state index in [0.717, 1.165) is 35.2 Å². The van der Waals surface area contributed by atoms with Gasteiger partial charge in [0.1, 0.15) is 11.4 Å². The minimum absolute atomic E-state index is 0.0387. The molecule has 0 aliphatic heterocycles. The van der Waals surface area contributed by atoms with Gasteiger partial charge >= 0.3 is 0 Å². The van der Waals surface area contributed by atoms with Gasteiger partial charge in [0.2, 0.25) is 5.91 Å². The Morgan fingerprint density at radius 3 is 2.71 bits per heavy atom. The number of hydrogen-bond donors (Lipinski definition) is 1. The molecule has 8 heteroatoms. The minimum atomic E-state index is -0.208. The van der Waals surface area contributed by atoms with Crippen molar-refractivity contribution in [1.82, 2.24) is 14.9 Å². The quantitative estimate of drug-likeness (QED) is 0.550. The first kappa shape index (κ1) is 24.3. The van der Waals surface area contributed by atoms with Crippen molar-refractivity contribution < 1.29 is 14.3 Å². The van der Waals surface area contributed by atoms with Crippen LogP contribution in [0.15, 0.2) is 29.3 Å². The monoisotopic (exact) mass is 483 g/mol. The Hall–Kier alpha value is -2.87. The molecule has 0 radical (unpaired) electrons. The molecular formula is C26H33N3O4S. The summed E-state index contributed by atoms with van der Waals surface area (Å²) in [6.45, 7) is 7.27. The number of carbonyl (C=O) groups excluding carboxylic acids is 1. The molecule has 1 N–H and O–H groups in total. The number of methoxy groups -OCH3 is 2. The molecular weight excluding hydrogens is 450 g/mol. The van der Waals surface area contributed by atoms with Gasteiger partial charge < -0.3 is 14.8 Å². The van der Waals surface area contributed by atoms with Crippen LogP contribution in [0.3, 0.4) is 0 Å². The molecule has 2 heterocycles. The van der Waals surface area contributed by atoms with E-state index in [9.17, 15) is 9.59 Å². The molecule has 7 nitrogen and oxygen atoms in total. The molecule has 0 unspecified atom stereocenters. The molecule has 0 spiro atoms. The van der Waals surface area contributed by atoms with Gasteiger partial charge in [-0.3, -0.25) is 14.2 Å². The predicted octanol–water partition coefficient (Wildman–Crippen LogP) is 3.99. The number of aromatic nitrogens is 2. The van der Waals surface area contributed by atoms with Crippen LogP contribution < -0.4 is 20.3 Å². The van der Waals surface area contributed by atoms with E-state index in [1.165, 1.54) is 15.8 Å². The van der Waals surface area contributed by atoms with Gasteiger partial charge in [-0.25, -0.2) is 4.98 Å². The number of nitrogens with one attached hydrogen (secondary N) is 1. The number of nitrogens with zero attached hydrogens (tertiary/aromatic N) is 2. The lowest BCUT2D eigenvalue weighted by atomic mass is 9.72. The SMILES string of the molecule is COc1ccc(CCNC(=O)Cn2cnc3sc4c(c3c2=O)CC[C@@H](C(C)(C)C)C4)cc1OC. The lowest BCUT2D eigenvalue weighted by Gasteiger charge is -2.33. The number of fused-ring (bicyclic) bond motifs is 3. The van der Waals surface area contributed by atoms with Crippen molar-refractivity contribution in [2.45, 2.75) is 53.0 Å². The van der Waals surface area contributed by atoms with Crippen molar-refractivity contribution in [1.29, 1.82) is 0 Å². The van der Waals surface area contributed by atoms with Crippen LogP contribution in [-0.2, 0) is 30.6 Å². The maximum absolute atomic E-state index is 13.2. The van der Waals surface area contributed by atoms with Gasteiger partial charge in [0.25, 0.3) is 5.56 Å². The van der Waals surface area contributed by atoms with Crippen LogP contribution >= 0.6 is 11.3 Å². The fourth-order valence-electron chi connectivity index (χ4n) is 4.65. The van der Waals surface area contributed by atoms with E-state index in [-0.39, 0.29) is 23.4 Å². The molecule has 1 aliphatic carbocycles. The largest absolute Gasteiger partial charge is 0.493 e. The standard InChI is InChI=1S/C26H33N3O4S/c1-26(2,3)17-7-8-18-21(13-17)34-24-23(18)25(31)29(15-28-24)14-22(30)27-11-10-16-6-9-19(32-4)20(12-16)33-5/h6,9,12,15,17H,7-8,10-11,13-14H2,1-5H3,(H,27,30)/t17-/m1/s1. The Bertz CT molecular complexity index is 1260. The lowest BCUT2D eigenvalue weighted by Crippen LogP contribution is -2.33. The highest BCUT2D eigenvalue weighted by Gasteiger charge is 2.31. The van der Waals surface area contributed by atoms with Crippen LogP contribution in [0.25, 0.3) is 10.2 Å². The number of carbonyl (C=O) groups is 1. The zero-order valence-electron chi connectivity index (χ0n) is 20.6. The smallest absolute Gasteiger partial charge is 0.262 e. The maximum atomic E-state index is 13.2. The number of benzene rings is 1. The van der Waals surface area contributed by atoms with Crippen molar-refractivity contribution in [2.75, 3.05) is 20.8 Å². The highest BCUT2D eigenvalue weighted by Crippen LogP contribution is 2.41. The number of hydrogen-bond acceptors (Lipinski definition) is 6. The van der Waals surface area contributed by atoms with Gasteiger partial charge in [-0.15, -0.1) is 11.3 Å². The van der Waals surface area contributed by atoms with E-state index in [1.807, 2.05) is 18.2 Å². The Balaban J connectivity index is 1.42. The van der Waals surface area contributed by atoms with E-state index in [0.29, 0.717) is 35.8 Å². The fraction of sp³-hybridized carbons (Fsp3) is 0.500. The first-order chi connectivity index (χ1) is 16.2. The molecule has 1 atom stereocenters. The summed E-state index contributed by atoms with van der Waals surface area (Å²) in [5.41, 5.74) is 2.29. The summed E-state index contributed by atoms with van der Waals surface area (Å²) in [5.74, 6) is 1.72. The van der Waals surface area contributed by atoms with Crippen LogP contribution in [0.4, 0.5) is 0 Å². The summed E-state index contributed by atoms with van der Waals surface area (Å²) in [7, 11) is 3.19.